The number of carbonyl (C=O) groups excluding carboxylic acids is 1. The van der Waals surface area contributed by atoms with Crippen molar-refractivity contribution in [3.63, 3.8) is 0 Å². The van der Waals surface area contributed by atoms with Crippen molar-refractivity contribution in [1.82, 2.24) is 19.1 Å². The number of carbonyl (C=O) groups is 1. The molecule has 4 rings (SSSR count). The van der Waals surface area contributed by atoms with Gasteiger partial charge in [0.05, 0.1) is 22.1 Å². The maximum atomic E-state index is 13.1. The number of fused-ring (bicyclic) bond motifs is 2. The third-order valence-electron chi connectivity index (χ3n) is 4.89. The number of rotatable bonds is 2. The zero-order valence-electron chi connectivity index (χ0n) is 15.5. The van der Waals surface area contributed by atoms with Gasteiger partial charge in [-0.25, -0.2) is 23.9 Å². The molecule has 0 aliphatic rings. The van der Waals surface area contributed by atoms with Crippen molar-refractivity contribution in [2.45, 2.75) is 39.5 Å². The van der Waals surface area contributed by atoms with Gasteiger partial charge in [0.25, 0.3) is 0 Å². The molecular weight excluding hydrogens is 324 g/mol. The topological polar surface area (TPSA) is 52.7 Å². The summed E-state index contributed by atoms with van der Waals surface area (Å²) in [5.74, 6) is 0.848. The average molecular weight is 346 g/mol. The van der Waals surface area contributed by atoms with Crippen molar-refractivity contribution in [2.24, 2.45) is 0 Å². The smallest absolute Gasteiger partial charge is 0.250 e. The number of hydrogen-bond acceptors (Lipinski definition) is 3. The Morgan fingerprint density at radius 1 is 0.769 bits per heavy atom. The van der Waals surface area contributed by atoms with Crippen molar-refractivity contribution in [3.05, 3.63) is 60.2 Å². The molecule has 0 N–H and O–H groups in total. The van der Waals surface area contributed by atoms with Gasteiger partial charge in [0.15, 0.2) is 0 Å². The lowest BCUT2D eigenvalue weighted by Gasteiger charge is -2.08. The summed E-state index contributed by atoms with van der Waals surface area (Å²) >= 11 is 0. The average Bonchev–Trinajstić information content (AvgIpc) is 3.24. The summed E-state index contributed by atoms with van der Waals surface area (Å²) in [6.45, 7) is 8.58. The summed E-state index contributed by atoms with van der Waals surface area (Å²) in [5.41, 5.74) is 5.70. The van der Waals surface area contributed by atoms with Crippen molar-refractivity contribution in [2.75, 3.05) is 0 Å². The number of hydrogen-bond donors (Lipinski definition) is 0. The minimum Gasteiger partial charge on any atom is -0.250 e. The van der Waals surface area contributed by atoms with Crippen LogP contribution in [0.1, 0.15) is 50.7 Å². The summed E-state index contributed by atoms with van der Waals surface area (Å²) in [7, 11) is 0. The van der Waals surface area contributed by atoms with E-state index in [9.17, 15) is 4.79 Å². The van der Waals surface area contributed by atoms with Crippen LogP contribution in [-0.2, 0) is 0 Å². The second kappa shape index (κ2) is 6.09. The summed E-state index contributed by atoms with van der Waals surface area (Å²) < 4.78 is 3.16. The molecule has 0 saturated carbocycles. The van der Waals surface area contributed by atoms with Crippen LogP contribution in [0.25, 0.3) is 22.1 Å². The standard InChI is InChI=1S/C21H22N4O/c1-13(2)15-5-7-19-17(9-15)22-11-24(19)21(26)25-12-23-18-10-16(14(3)4)6-8-20(18)25/h5-14H,1-4H3. The third kappa shape index (κ3) is 2.60. The van der Waals surface area contributed by atoms with E-state index in [1.165, 1.54) is 11.1 Å². The predicted molar refractivity (Wildman–Crippen MR) is 104 cm³/mol. The Balaban J connectivity index is 1.78. The van der Waals surface area contributed by atoms with E-state index < -0.39 is 0 Å². The Labute approximate surface area is 152 Å². The highest BCUT2D eigenvalue weighted by Gasteiger charge is 2.16. The normalized spacial score (nSPS) is 11.9. The van der Waals surface area contributed by atoms with E-state index >= 15 is 0 Å². The largest absolute Gasteiger partial charge is 0.339 e. The van der Waals surface area contributed by atoms with Gasteiger partial charge in [-0.2, -0.15) is 0 Å². The van der Waals surface area contributed by atoms with Crippen LogP contribution in [0.4, 0.5) is 4.79 Å². The van der Waals surface area contributed by atoms with E-state index in [0.29, 0.717) is 11.8 Å². The molecule has 0 bridgehead atoms. The highest BCUT2D eigenvalue weighted by Crippen LogP contribution is 2.23. The van der Waals surface area contributed by atoms with Crippen LogP contribution < -0.4 is 0 Å². The van der Waals surface area contributed by atoms with Crippen LogP contribution in [0.5, 0.6) is 0 Å². The molecule has 0 aliphatic carbocycles. The zero-order chi connectivity index (χ0) is 18.4. The Morgan fingerprint density at radius 2 is 1.19 bits per heavy atom. The van der Waals surface area contributed by atoms with Crippen molar-refractivity contribution >= 4 is 28.1 Å². The van der Waals surface area contributed by atoms with Crippen LogP contribution in [0.2, 0.25) is 0 Å². The lowest BCUT2D eigenvalue weighted by atomic mass is 10.0. The number of aromatic nitrogens is 4. The predicted octanol–water partition coefficient (Wildman–Crippen LogP) is 5.15. The second-order valence-electron chi connectivity index (χ2n) is 7.32. The molecule has 0 atom stereocenters. The summed E-state index contributed by atoms with van der Waals surface area (Å²) in [6, 6.07) is 12.0. The van der Waals surface area contributed by atoms with E-state index in [4.69, 9.17) is 0 Å². The lowest BCUT2D eigenvalue weighted by Crippen LogP contribution is -2.17. The maximum Gasteiger partial charge on any atom is 0.339 e. The molecule has 0 spiro atoms. The van der Waals surface area contributed by atoms with E-state index in [-0.39, 0.29) is 6.03 Å². The molecule has 132 valence electrons. The second-order valence-corrected chi connectivity index (χ2v) is 7.32. The van der Waals surface area contributed by atoms with Crippen molar-refractivity contribution in [1.29, 1.82) is 0 Å². The number of benzene rings is 2. The van der Waals surface area contributed by atoms with Gasteiger partial charge in [0.2, 0.25) is 0 Å². The molecule has 5 nitrogen and oxygen atoms in total. The Morgan fingerprint density at radius 3 is 1.58 bits per heavy atom. The van der Waals surface area contributed by atoms with E-state index in [0.717, 1.165) is 22.1 Å². The van der Waals surface area contributed by atoms with E-state index in [2.05, 4.69) is 49.8 Å². The molecular formula is C21H22N4O. The monoisotopic (exact) mass is 346 g/mol. The Kier molecular flexibility index (Phi) is 3.87. The molecule has 0 radical (unpaired) electrons. The summed E-state index contributed by atoms with van der Waals surface area (Å²) in [4.78, 5) is 21.9. The van der Waals surface area contributed by atoms with Gasteiger partial charge in [-0.05, 0) is 47.2 Å². The van der Waals surface area contributed by atoms with Crippen LogP contribution in [0.15, 0.2) is 49.1 Å². The van der Waals surface area contributed by atoms with Crippen molar-refractivity contribution < 1.29 is 4.79 Å². The summed E-state index contributed by atoms with van der Waals surface area (Å²) in [6.07, 6.45) is 3.18. The van der Waals surface area contributed by atoms with Crippen LogP contribution in [-0.4, -0.2) is 25.1 Å². The fourth-order valence-electron chi connectivity index (χ4n) is 3.20. The van der Waals surface area contributed by atoms with Gasteiger partial charge in [0, 0.05) is 0 Å². The third-order valence-corrected chi connectivity index (χ3v) is 4.89. The molecule has 5 heteroatoms. The SMILES string of the molecule is CC(C)c1ccc2c(c1)ncn2C(=O)n1cnc2cc(C(C)C)ccc21. The molecule has 2 aromatic heterocycles. The lowest BCUT2D eigenvalue weighted by molar-refractivity contribution is 0.245. The molecule has 2 heterocycles. The molecule has 2 aromatic carbocycles. The number of imidazole rings is 2. The van der Waals surface area contributed by atoms with Gasteiger partial charge in [-0.3, -0.25) is 0 Å². The quantitative estimate of drug-likeness (QED) is 0.504. The first-order valence-corrected chi connectivity index (χ1v) is 8.94. The first kappa shape index (κ1) is 16.5. The highest BCUT2D eigenvalue weighted by molar-refractivity contribution is 5.95. The number of nitrogens with zero attached hydrogens (tertiary/aromatic N) is 4. The fourth-order valence-corrected chi connectivity index (χ4v) is 3.20. The van der Waals surface area contributed by atoms with Gasteiger partial charge in [0.1, 0.15) is 12.7 Å². The van der Waals surface area contributed by atoms with Crippen LogP contribution in [0.3, 0.4) is 0 Å². The minimum atomic E-state index is -0.176. The van der Waals surface area contributed by atoms with E-state index in [1.807, 2.05) is 24.3 Å². The molecule has 4 aromatic rings. The molecule has 26 heavy (non-hydrogen) atoms. The van der Waals surface area contributed by atoms with Crippen LogP contribution in [0, 0.1) is 0 Å². The molecule has 0 aliphatic heterocycles. The van der Waals surface area contributed by atoms with Gasteiger partial charge >= 0.3 is 6.03 Å². The Hall–Kier alpha value is -2.95. The van der Waals surface area contributed by atoms with E-state index in [1.54, 1.807) is 21.8 Å². The molecule has 0 saturated heterocycles. The van der Waals surface area contributed by atoms with Crippen LogP contribution >= 0.6 is 0 Å². The van der Waals surface area contributed by atoms with Gasteiger partial charge in [-0.15, -0.1) is 0 Å². The first-order valence-electron chi connectivity index (χ1n) is 8.94. The fraction of sp³-hybridized carbons (Fsp3) is 0.286. The molecule has 0 fully saturated rings. The maximum absolute atomic E-state index is 13.1. The summed E-state index contributed by atoms with van der Waals surface area (Å²) in [5, 5.41) is 0. The van der Waals surface area contributed by atoms with Crippen molar-refractivity contribution in [3.8, 4) is 0 Å². The minimum absolute atomic E-state index is 0.176. The van der Waals surface area contributed by atoms with Gasteiger partial charge < -0.3 is 0 Å². The Bertz CT molecular complexity index is 1030. The molecule has 0 unspecified atom stereocenters. The zero-order valence-corrected chi connectivity index (χ0v) is 15.5. The first-order chi connectivity index (χ1) is 12.5. The highest BCUT2D eigenvalue weighted by atomic mass is 16.2. The van der Waals surface area contributed by atoms with Gasteiger partial charge in [-0.1, -0.05) is 39.8 Å². The molecule has 0 amide bonds.